The first-order valence-electron chi connectivity index (χ1n) is 5.67. The largest absolute Gasteiger partial charge is 0.336 e. The molecule has 0 unspecified atom stereocenters. The number of urea groups is 1. The fourth-order valence-electron chi connectivity index (χ4n) is 2.39. The zero-order valence-corrected chi connectivity index (χ0v) is 10.4. The molecular formula is C11H13N3O3S. The Morgan fingerprint density at radius 1 is 1.22 bits per heavy atom. The van der Waals surface area contributed by atoms with E-state index in [0.29, 0.717) is 0 Å². The Morgan fingerprint density at radius 2 is 1.94 bits per heavy atom. The number of nitrogens with zero attached hydrogens (tertiary/aromatic N) is 1. The van der Waals surface area contributed by atoms with Crippen LogP contribution in [0.15, 0.2) is 30.3 Å². The Balaban J connectivity index is 1.82. The third-order valence-electron chi connectivity index (χ3n) is 3.21. The summed E-state index contributed by atoms with van der Waals surface area (Å²) in [5.41, 5.74) is 3.72. The number of para-hydroxylation sites is 1. The smallest absolute Gasteiger partial charge is 0.331 e. The minimum absolute atomic E-state index is 0.0102. The van der Waals surface area contributed by atoms with Gasteiger partial charge in [-0.2, -0.15) is 0 Å². The van der Waals surface area contributed by atoms with E-state index in [2.05, 4.69) is 10.7 Å². The number of nitrogens with one attached hydrogen (secondary N) is 2. The molecule has 2 saturated heterocycles. The lowest BCUT2D eigenvalue weighted by atomic mass is 10.2. The van der Waals surface area contributed by atoms with Crippen molar-refractivity contribution in [1.82, 2.24) is 10.3 Å². The second-order valence-electron chi connectivity index (χ2n) is 4.55. The van der Waals surface area contributed by atoms with Gasteiger partial charge >= 0.3 is 6.03 Å². The third kappa shape index (κ3) is 1.90. The quantitative estimate of drug-likeness (QED) is 0.751. The first-order chi connectivity index (χ1) is 8.55. The molecule has 0 aliphatic carbocycles. The van der Waals surface area contributed by atoms with Crippen molar-refractivity contribution in [3.05, 3.63) is 30.3 Å². The van der Waals surface area contributed by atoms with Gasteiger partial charge in [0.15, 0.2) is 9.84 Å². The molecule has 2 amide bonds. The second-order valence-corrected chi connectivity index (χ2v) is 6.70. The molecule has 7 heteroatoms. The van der Waals surface area contributed by atoms with E-state index < -0.39 is 9.84 Å². The molecule has 0 bridgehead atoms. The lowest BCUT2D eigenvalue weighted by molar-refractivity contribution is 0.218. The van der Waals surface area contributed by atoms with Crippen molar-refractivity contribution in [2.45, 2.75) is 12.1 Å². The van der Waals surface area contributed by atoms with Crippen molar-refractivity contribution in [2.24, 2.45) is 0 Å². The number of anilines is 1. The normalized spacial score (nSPS) is 28.9. The summed E-state index contributed by atoms with van der Waals surface area (Å²) in [5, 5.41) is 4.07. The summed E-state index contributed by atoms with van der Waals surface area (Å²) in [7, 11) is -3.05. The molecule has 2 fully saturated rings. The van der Waals surface area contributed by atoms with E-state index in [-0.39, 0.29) is 29.6 Å². The van der Waals surface area contributed by atoms with E-state index in [0.717, 1.165) is 5.69 Å². The predicted octanol–water partition coefficient (Wildman–Crippen LogP) is 0.204. The van der Waals surface area contributed by atoms with Crippen LogP contribution in [0, 0.1) is 0 Å². The van der Waals surface area contributed by atoms with E-state index in [4.69, 9.17) is 0 Å². The van der Waals surface area contributed by atoms with Crippen LogP contribution in [-0.2, 0) is 9.84 Å². The van der Waals surface area contributed by atoms with E-state index >= 15 is 0 Å². The van der Waals surface area contributed by atoms with Crippen LogP contribution < -0.4 is 10.7 Å². The Morgan fingerprint density at radius 3 is 2.67 bits per heavy atom. The number of amides is 2. The van der Waals surface area contributed by atoms with Crippen molar-refractivity contribution in [3.63, 3.8) is 0 Å². The summed E-state index contributed by atoms with van der Waals surface area (Å²) >= 11 is 0. The third-order valence-corrected chi connectivity index (χ3v) is 4.92. The summed E-state index contributed by atoms with van der Waals surface area (Å²) in [6, 6.07) is 8.30. The van der Waals surface area contributed by atoms with Crippen molar-refractivity contribution < 1.29 is 13.2 Å². The second kappa shape index (κ2) is 3.88. The van der Waals surface area contributed by atoms with Gasteiger partial charge in [-0.15, -0.1) is 0 Å². The highest BCUT2D eigenvalue weighted by atomic mass is 32.2. The molecule has 0 saturated carbocycles. The number of carbonyl (C=O) groups is 1. The van der Waals surface area contributed by atoms with Gasteiger partial charge in [0.05, 0.1) is 29.3 Å². The van der Waals surface area contributed by atoms with Gasteiger partial charge in [0.2, 0.25) is 0 Å². The van der Waals surface area contributed by atoms with Crippen molar-refractivity contribution in [1.29, 1.82) is 0 Å². The Hall–Kier alpha value is -1.76. The summed E-state index contributed by atoms with van der Waals surface area (Å²) in [6.45, 7) is 0. The SMILES string of the molecule is O=C1N[C@@H]2CS(=O)(=O)C[C@@H]2N1Nc1ccccc1. The van der Waals surface area contributed by atoms with Gasteiger partial charge in [-0.3, -0.25) is 5.43 Å². The lowest BCUT2D eigenvalue weighted by Gasteiger charge is -2.22. The molecule has 0 aromatic heterocycles. The van der Waals surface area contributed by atoms with Crippen LogP contribution in [-0.4, -0.2) is 43.0 Å². The number of carbonyl (C=O) groups excluding carboxylic acids is 1. The van der Waals surface area contributed by atoms with Gasteiger partial charge < -0.3 is 5.32 Å². The van der Waals surface area contributed by atoms with E-state index in [1.165, 1.54) is 5.01 Å². The molecule has 0 radical (unpaired) electrons. The molecule has 2 atom stereocenters. The standard InChI is InChI=1S/C11H13N3O3S/c15-11-12-9-6-18(16,17)7-10(9)14(11)13-8-4-2-1-3-5-8/h1-5,9-10,13H,6-7H2,(H,12,15)/t9-,10+/m1/s1. The summed E-state index contributed by atoms with van der Waals surface area (Å²) < 4.78 is 23.1. The Bertz CT molecular complexity index is 572. The number of hydrogen-bond acceptors (Lipinski definition) is 4. The fraction of sp³-hybridized carbons (Fsp3) is 0.364. The molecule has 0 spiro atoms. The highest BCUT2D eigenvalue weighted by Crippen LogP contribution is 2.24. The molecule has 6 nitrogen and oxygen atoms in total. The maximum absolute atomic E-state index is 11.8. The van der Waals surface area contributed by atoms with E-state index in [1.807, 2.05) is 30.3 Å². The van der Waals surface area contributed by atoms with Crippen LogP contribution >= 0.6 is 0 Å². The zero-order chi connectivity index (χ0) is 12.8. The average Bonchev–Trinajstić information content (AvgIpc) is 2.74. The van der Waals surface area contributed by atoms with Gasteiger partial charge in [0, 0.05) is 0 Å². The maximum Gasteiger partial charge on any atom is 0.336 e. The van der Waals surface area contributed by atoms with Crippen LogP contribution in [0.4, 0.5) is 10.5 Å². The Labute approximate surface area is 105 Å². The van der Waals surface area contributed by atoms with Crippen LogP contribution in [0.1, 0.15) is 0 Å². The van der Waals surface area contributed by atoms with E-state index in [1.54, 1.807) is 0 Å². The first kappa shape index (κ1) is 11.3. The van der Waals surface area contributed by atoms with Gasteiger partial charge in [-0.1, -0.05) is 18.2 Å². The number of benzene rings is 1. The first-order valence-corrected chi connectivity index (χ1v) is 7.49. The average molecular weight is 267 g/mol. The molecule has 1 aromatic carbocycles. The lowest BCUT2D eigenvalue weighted by Crippen LogP contribution is -2.41. The molecule has 96 valence electrons. The van der Waals surface area contributed by atoms with Gasteiger partial charge in [-0.25, -0.2) is 18.2 Å². The van der Waals surface area contributed by atoms with Crippen molar-refractivity contribution >= 4 is 21.6 Å². The molecule has 18 heavy (non-hydrogen) atoms. The van der Waals surface area contributed by atoms with Crippen LogP contribution in [0.3, 0.4) is 0 Å². The monoisotopic (exact) mass is 267 g/mol. The van der Waals surface area contributed by atoms with Gasteiger partial charge in [-0.05, 0) is 12.1 Å². The summed E-state index contributed by atoms with van der Waals surface area (Å²) in [5.74, 6) is 0.0343. The number of rotatable bonds is 2. The molecular weight excluding hydrogens is 254 g/mol. The number of fused-ring (bicyclic) bond motifs is 1. The fourth-order valence-corrected chi connectivity index (χ4v) is 4.28. The highest BCUT2D eigenvalue weighted by molar-refractivity contribution is 7.91. The maximum atomic E-state index is 11.8. The van der Waals surface area contributed by atoms with Crippen molar-refractivity contribution in [2.75, 3.05) is 16.9 Å². The number of hydrazine groups is 1. The summed E-state index contributed by atoms with van der Waals surface area (Å²) in [4.78, 5) is 11.8. The molecule has 3 rings (SSSR count). The number of hydrogen-bond donors (Lipinski definition) is 2. The van der Waals surface area contributed by atoms with Crippen LogP contribution in [0.2, 0.25) is 0 Å². The van der Waals surface area contributed by atoms with Crippen LogP contribution in [0.5, 0.6) is 0 Å². The molecule has 2 aliphatic heterocycles. The van der Waals surface area contributed by atoms with Crippen molar-refractivity contribution in [3.8, 4) is 0 Å². The minimum Gasteiger partial charge on any atom is -0.331 e. The topological polar surface area (TPSA) is 78.5 Å². The molecule has 2 heterocycles. The summed E-state index contributed by atoms with van der Waals surface area (Å²) in [6.07, 6.45) is 0. The molecule has 1 aromatic rings. The molecule has 2 aliphatic rings. The highest BCUT2D eigenvalue weighted by Gasteiger charge is 2.49. The van der Waals surface area contributed by atoms with Gasteiger partial charge in [0.25, 0.3) is 0 Å². The number of sulfone groups is 1. The Kier molecular flexibility index (Phi) is 2.44. The molecule has 2 N–H and O–H groups in total. The van der Waals surface area contributed by atoms with Crippen LogP contribution in [0.25, 0.3) is 0 Å². The van der Waals surface area contributed by atoms with Gasteiger partial charge in [0.1, 0.15) is 0 Å². The predicted molar refractivity (Wildman–Crippen MR) is 66.7 cm³/mol. The van der Waals surface area contributed by atoms with E-state index in [9.17, 15) is 13.2 Å². The zero-order valence-electron chi connectivity index (χ0n) is 9.54. The minimum atomic E-state index is -3.05.